The molecule has 102 valence electrons. The molecule has 3 aromatic rings. The van der Waals surface area contributed by atoms with E-state index in [2.05, 4.69) is 0 Å². The highest BCUT2D eigenvalue weighted by molar-refractivity contribution is 7.16. The molecule has 0 spiro atoms. The summed E-state index contributed by atoms with van der Waals surface area (Å²) < 4.78 is 16.6. The molecule has 0 amide bonds. The van der Waals surface area contributed by atoms with Crippen LogP contribution in [0.2, 0.25) is 0 Å². The third-order valence-corrected chi connectivity index (χ3v) is 3.66. The minimum Gasteiger partial charge on any atom is -0.497 e. The summed E-state index contributed by atoms with van der Waals surface area (Å²) in [6, 6.07) is 13.0. The van der Waals surface area contributed by atoms with Crippen LogP contribution in [0.1, 0.15) is 5.56 Å². The molecule has 0 unspecified atom stereocenters. The Morgan fingerprint density at radius 3 is 2.60 bits per heavy atom. The molecule has 2 aromatic carbocycles. The second kappa shape index (κ2) is 5.38. The second-order valence-corrected chi connectivity index (χ2v) is 5.18. The Kier molecular flexibility index (Phi) is 3.43. The predicted molar refractivity (Wildman–Crippen MR) is 77.7 cm³/mol. The van der Waals surface area contributed by atoms with Crippen molar-refractivity contribution in [2.24, 2.45) is 0 Å². The molecule has 0 atom stereocenters. The summed E-state index contributed by atoms with van der Waals surface area (Å²) in [5, 5.41) is 0. The fourth-order valence-electron chi connectivity index (χ4n) is 1.83. The number of rotatable bonds is 4. The summed E-state index contributed by atoms with van der Waals surface area (Å²) in [5.74, 6) is 1.53. The topological polar surface area (TPSA) is 48.7 Å². The van der Waals surface area contributed by atoms with Gasteiger partial charge < -0.3 is 13.9 Å². The van der Waals surface area contributed by atoms with E-state index in [9.17, 15) is 4.79 Å². The first-order valence-electron chi connectivity index (χ1n) is 6.04. The van der Waals surface area contributed by atoms with Gasteiger partial charge in [0.05, 0.1) is 11.8 Å². The number of hydrogen-bond donors (Lipinski definition) is 0. The Hall–Kier alpha value is -2.27. The fraction of sp³-hybridized carbons (Fsp3) is 0.133. The van der Waals surface area contributed by atoms with Crippen LogP contribution in [0.4, 0.5) is 0 Å². The predicted octanol–water partition coefficient (Wildman–Crippen LogP) is 3.44. The number of methoxy groups -OCH3 is 1. The maximum Gasteiger partial charge on any atom is 0.396 e. The van der Waals surface area contributed by atoms with Gasteiger partial charge in [-0.1, -0.05) is 23.5 Å². The first-order chi connectivity index (χ1) is 9.74. The molecule has 4 nitrogen and oxygen atoms in total. The minimum atomic E-state index is -0.299. The Balaban J connectivity index is 1.73. The lowest BCUT2D eigenvalue weighted by Gasteiger charge is -2.06. The average Bonchev–Trinajstić information content (AvgIpc) is 2.85. The maximum atomic E-state index is 11.1. The molecular formula is C15H12O4S. The lowest BCUT2D eigenvalue weighted by Crippen LogP contribution is -1.95. The average molecular weight is 288 g/mol. The summed E-state index contributed by atoms with van der Waals surface area (Å²) >= 11 is 1.07. The molecule has 3 rings (SSSR count). The molecule has 0 radical (unpaired) electrons. The van der Waals surface area contributed by atoms with Crippen LogP contribution >= 0.6 is 11.3 Å². The van der Waals surface area contributed by atoms with E-state index in [1.807, 2.05) is 30.3 Å². The van der Waals surface area contributed by atoms with Gasteiger partial charge >= 0.3 is 4.94 Å². The molecule has 0 fully saturated rings. The number of fused-ring (bicyclic) bond motifs is 1. The van der Waals surface area contributed by atoms with Crippen LogP contribution in [0.5, 0.6) is 11.5 Å². The molecule has 0 bridgehead atoms. The van der Waals surface area contributed by atoms with Crippen LogP contribution in [0.25, 0.3) is 10.3 Å². The van der Waals surface area contributed by atoms with Gasteiger partial charge in [-0.25, -0.2) is 4.79 Å². The fourth-order valence-corrected chi connectivity index (χ4v) is 2.53. The van der Waals surface area contributed by atoms with Crippen molar-refractivity contribution in [3.8, 4) is 11.5 Å². The maximum absolute atomic E-state index is 11.1. The normalized spacial score (nSPS) is 10.7. The quantitative estimate of drug-likeness (QED) is 0.738. The van der Waals surface area contributed by atoms with Gasteiger partial charge in [0.2, 0.25) is 0 Å². The number of hydrogen-bond acceptors (Lipinski definition) is 5. The Bertz CT molecular complexity index is 770. The molecule has 0 saturated carbocycles. The van der Waals surface area contributed by atoms with Crippen molar-refractivity contribution in [3.05, 3.63) is 57.8 Å². The molecule has 0 aliphatic heterocycles. The second-order valence-electron chi connectivity index (χ2n) is 4.20. The SMILES string of the molecule is COc1ccc(COc2ccc3oc(=O)sc3c2)cc1. The van der Waals surface area contributed by atoms with Gasteiger partial charge in [-0.2, -0.15) is 0 Å². The summed E-state index contributed by atoms with van der Waals surface area (Å²) in [4.78, 5) is 10.8. The van der Waals surface area contributed by atoms with Crippen molar-refractivity contribution in [2.75, 3.05) is 7.11 Å². The third kappa shape index (κ3) is 2.67. The summed E-state index contributed by atoms with van der Waals surface area (Å²) in [6.07, 6.45) is 0. The molecule has 1 aromatic heterocycles. The highest BCUT2D eigenvalue weighted by Crippen LogP contribution is 2.23. The van der Waals surface area contributed by atoms with Gasteiger partial charge in [0.1, 0.15) is 23.7 Å². The highest BCUT2D eigenvalue weighted by atomic mass is 32.1. The van der Waals surface area contributed by atoms with Crippen molar-refractivity contribution >= 4 is 21.6 Å². The standard InChI is InChI=1S/C15H12O4S/c1-17-11-4-2-10(3-5-11)9-18-12-6-7-13-14(8-12)20-15(16)19-13/h2-8H,9H2,1H3. The number of ether oxygens (including phenoxy) is 2. The Morgan fingerprint density at radius 1 is 1.10 bits per heavy atom. The van der Waals surface area contributed by atoms with Crippen molar-refractivity contribution in [1.29, 1.82) is 0 Å². The monoisotopic (exact) mass is 288 g/mol. The van der Waals surface area contributed by atoms with Crippen LogP contribution in [0.3, 0.4) is 0 Å². The van der Waals surface area contributed by atoms with Gasteiger partial charge in [-0.3, -0.25) is 0 Å². The minimum absolute atomic E-state index is 0.299. The molecule has 0 saturated heterocycles. The van der Waals surface area contributed by atoms with E-state index in [-0.39, 0.29) is 4.94 Å². The summed E-state index contributed by atoms with van der Waals surface area (Å²) in [5.41, 5.74) is 1.64. The molecule has 0 aliphatic rings. The molecule has 1 heterocycles. The van der Waals surface area contributed by atoms with Gasteiger partial charge in [0.25, 0.3) is 0 Å². The van der Waals surface area contributed by atoms with Crippen LogP contribution < -0.4 is 14.4 Å². The van der Waals surface area contributed by atoms with Crippen molar-refractivity contribution < 1.29 is 13.9 Å². The van der Waals surface area contributed by atoms with Crippen LogP contribution in [-0.2, 0) is 6.61 Å². The third-order valence-electron chi connectivity index (χ3n) is 2.87. The zero-order valence-electron chi connectivity index (χ0n) is 10.8. The lowest BCUT2D eigenvalue weighted by molar-refractivity contribution is 0.306. The first-order valence-corrected chi connectivity index (χ1v) is 6.86. The first kappa shape index (κ1) is 12.7. The van der Waals surface area contributed by atoms with Crippen molar-refractivity contribution in [2.45, 2.75) is 6.61 Å². The van der Waals surface area contributed by atoms with Gasteiger partial charge in [0, 0.05) is 6.07 Å². The van der Waals surface area contributed by atoms with Gasteiger partial charge in [-0.15, -0.1) is 0 Å². The number of benzene rings is 2. The molecule has 0 aliphatic carbocycles. The Labute approximate surface area is 119 Å². The van der Waals surface area contributed by atoms with Crippen molar-refractivity contribution in [3.63, 3.8) is 0 Å². The van der Waals surface area contributed by atoms with E-state index in [1.165, 1.54) is 0 Å². The van der Waals surface area contributed by atoms with E-state index in [0.29, 0.717) is 17.9 Å². The largest absolute Gasteiger partial charge is 0.497 e. The zero-order valence-corrected chi connectivity index (χ0v) is 11.6. The lowest BCUT2D eigenvalue weighted by atomic mass is 10.2. The molecular weight excluding hydrogens is 276 g/mol. The van der Waals surface area contributed by atoms with Crippen LogP contribution in [0.15, 0.2) is 51.7 Å². The summed E-state index contributed by atoms with van der Waals surface area (Å²) in [7, 11) is 1.64. The molecule has 5 heteroatoms. The van der Waals surface area contributed by atoms with Crippen LogP contribution in [-0.4, -0.2) is 7.11 Å². The highest BCUT2D eigenvalue weighted by Gasteiger charge is 2.04. The van der Waals surface area contributed by atoms with E-state index < -0.39 is 0 Å². The van der Waals surface area contributed by atoms with E-state index in [4.69, 9.17) is 13.9 Å². The summed E-state index contributed by atoms with van der Waals surface area (Å²) in [6.45, 7) is 0.461. The van der Waals surface area contributed by atoms with Gasteiger partial charge in [0.15, 0.2) is 0 Å². The smallest absolute Gasteiger partial charge is 0.396 e. The Morgan fingerprint density at radius 2 is 1.85 bits per heavy atom. The van der Waals surface area contributed by atoms with Crippen LogP contribution in [0, 0.1) is 0 Å². The van der Waals surface area contributed by atoms with E-state index >= 15 is 0 Å². The van der Waals surface area contributed by atoms with Crippen molar-refractivity contribution in [1.82, 2.24) is 0 Å². The molecule has 0 N–H and O–H groups in total. The zero-order chi connectivity index (χ0) is 13.9. The van der Waals surface area contributed by atoms with E-state index in [0.717, 1.165) is 27.3 Å². The van der Waals surface area contributed by atoms with E-state index in [1.54, 1.807) is 19.2 Å². The van der Waals surface area contributed by atoms with Gasteiger partial charge in [-0.05, 0) is 29.8 Å². The molecule has 20 heavy (non-hydrogen) atoms.